The van der Waals surface area contributed by atoms with Crippen molar-refractivity contribution in [2.24, 2.45) is 0 Å². The van der Waals surface area contributed by atoms with Crippen molar-refractivity contribution in [1.29, 1.82) is 0 Å². The smallest absolute Gasteiger partial charge is 0.193 e. The highest BCUT2D eigenvalue weighted by atomic mass is 35.5. The van der Waals surface area contributed by atoms with Crippen molar-refractivity contribution < 1.29 is 13.2 Å². The van der Waals surface area contributed by atoms with E-state index < -0.39 is 17.7 Å². The molecule has 0 radical (unpaired) electrons. The zero-order valence-electron chi connectivity index (χ0n) is 9.01. The molecule has 2 nitrogen and oxygen atoms in total. The van der Waals surface area contributed by atoms with Gasteiger partial charge in [0.15, 0.2) is 5.22 Å². The van der Waals surface area contributed by atoms with Crippen LogP contribution in [0.1, 0.15) is 17.4 Å². The first kappa shape index (κ1) is 12.1. The van der Waals surface area contributed by atoms with Gasteiger partial charge in [0.1, 0.15) is 17.4 Å². The lowest BCUT2D eigenvalue weighted by atomic mass is 10.0. The van der Waals surface area contributed by atoms with Crippen LogP contribution in [0.3, 0.4) is 0 Å². The summed E-state index contributed by atoms with van der Waals surface area (Å²) in [4.78, 5) is 0. The zero-order valence-corrected chi connectivity index (χ0v) is 9.76. The van der Waals surface area contributed by atoms with Crippen LogP contribution in [0.25, 0.3) is 0 Å². The highest BCUT2D eigenvalue weighted by molar-refractivity contribution is 6.28. The Bertz CT molecular complexity index is 507. The summed E-state index contributed by atoms with van der Waals surface area (Å²) in [6.07, 6.45) is 0. The molecule has 0 fully saturated rings. The number of nitrogens with one attached hydrogen (secondary N) is 1. The Morgan fingerprint density at radius 1 is 1.18 bits per heavy atom. The van der Waals surface area contributed by atoms with E-state index in [1.54, 1.807) is 19.2 Å². The average Bonchev–Trinajstić information content (AvgIpc) is 2.64. The molecule has 1 heterocycles. The monoisotopic (exact) mass is 257 g/mol. The largest absolute Gasteiger partial charge is 0.448 e. The second-order valence-corrected chi connectivity index (χ2v) is 3.94. The SMILES string of the molecule is CNC(c1cc(F)cc(F)c1)c1ccc(Cl)o1. The molecule has 90 valence electrons. The predicted octanol–water partition coefficient (Wildman–Crippen LogP) is 3.52. The summed E-state index contributed by atoms with van der Waals surface area (Å²) in [5, 5.41) is 3.15. The Hall–Kier alpha value is -1.39. The first-order valence-corrected chi connectivity index (χ1v) is 5.36. The van der Waals surface area contributed by atoms with E-state index in [0.717, 1.165) is 6.07 Å². The lowest BCUT2D eigenvalue weighted by Gasteiger charge is -2.14. The molecule has 1 N–H and O–H groups in total. The predicted molar refractivity (Wildman–Crippen MR) is 61.0 cm³/mol. The lowest BCUT2D eigenvalue weighted by molar-refractivity contribution is 0.462. The molecule has 2 rings (SSSR count). The van der Waals surface area contributed by atoms with Gasteiger partial charge < -0.3 is 9.73 Å². The second-order valence-electron chi connectivity index (χ2n) is 3.57. The minimum atomic E-state index is -0.627. The van der Waals surface area contributed by atoms with E-state index in [4.69, 9.17) is 16.0 Å². The molecule has 0 spiro atoms. The van der Waals surface area contributed by atoms with Gasteiger partial charge in [0.25, 0.3) is 0 Å². The molecule has 5 heteroatoms. The quantitative estimate of drug-likeness (QED) is 0.910. The van der Waals surface area contributed by atoms with E-state index in [-0.39, 0.29) is 5.22 Å². The number of hydrogen-bond acceptors (Lipinski definition) is 2. The summed E-state index contributed by atoms with van der Waals surface area (Å²) in [7, 11) is 1.67. The molecular formula is C12H10ClF2NO. The van der Waals surface area contributed by atoms with Crippen molar-refractivity contribution in [3.63, 3.8) is 0 Å². The maximum atomic E-state index is 13.1. The van der Waals surface area contributed by atoms with Gasteiger partial charge in [-0.1, -0.05) is 0 Å². The highest BCUT2D eigenvalue weighted by Gasteiger charge is 2.17. The molecule has 0 bridgehead atoms. The van der Waals surface area contributed by atoms with Crippen LogP contribution in [0.4, 0.5) is 8.78 Å². The van der Waals surface area contributed by atoms with Crippen LogP contribution >= 0.6 is 11.6 Å². The van der Waals surface area contributed by atoms with E-state index in [0.29, 0.717) is 11.3 Å². The van der Waals surface area contributed by atoms with Gasteiger partial charge in [-0.25, -0.2) is 8.78 Å². The maximum absolute atomic E-state index is 13.1. The zero-order chi connectivity index (χ0) is 12.4. The standard InChI is InChI=1S/C12H10ClF2NO/c1-16-12(10-2-3-11(13)17-10)7-4-8(14)6-9(15)5-7/h2-6,12,16H,1H3. The summed E-state index contributed by atoms with van der Waals surface area (Å²) < 4.78 is 31.5. The van der Waals surface area contributed by atoms with Gasteiger partial charge in [-0.05, 0) is 48.5 Å². The Morgan fingerprint density at radius 3 is 2.29 bits per heavy atom. The number of rotatable bonds is 3. The Morgan fingerprint density at radius 2 is 1.82 bits per heavy atom. The van der Waals surface area contributed by atoms with Crippen molar-refractivity contribution in [1.82, 2.24) is 5.32 Å². The normalized spacial score (nSPS) is 12.7. The molecule has 1 aromatic heterocycles. The molecular weight excluding hydrogens is 248 g/mol. The molecule has 0 aliphatic rings. The van der Waals surface area contributed by atoms with Gasteiger partial charge >= 0.3 is 0 Å². The molecule has 0 aliphatic carbocycles. The molecule has 0 saturated heterocycles. The van der Waals surface area contributed by atoms with E-state index in [1.807, 2.05) is 0 Å². The van der Waals surface area contributed by atoms with Gasteiger partial charge in [0, 0.05) is 6.07 Å². The van der Waals surface area contributed by atoms with Crippen LogP contribution in [0, 0.1) is 11.6 Å². The molecule has 0 amide bonds. The van der Waals surface area contributed by atoms with Crippen LogP contribution in [0.2, 0.25) is 5.22 Å². The van der Waals surface area contributed by atoms with Crippen molar-refractivity contribution in [3.05, 3.63) is 58.5 Å². The van der Waals surface area contributed by atoms with Crippen molar-refractivity contribution in [3.8, 4) is 0 Å². The summed E-state index contributed by atoms with van der Waals surface area (Å²) in [6.45, 7) is 0. The van der Waals surface area contributed by atoms with Crippen molar-refractivity contribution >= 4 is 11.6 Å². The maximum Gasteiger partial charge on any atom is 0.193 e. The molecule has 1 unspecified atom stereocenters. The minimum Gasteiger partial charge on any atom is -0.448 e. The minimum absolute atomic E-state index is 0.233. The third-order valence-corrected chi connectivity index (χ3v) is 2.59. The molecule has 2 aromatic rings. The van der Waals surface area contributed by atoms with Gasteiger partial charge in [0.2, 0.25) is 0 Å². The van der Waals surface area contributed by atoms with Crippen LogP contribution < -0.4 is 5.32 Å². The fourth-order valence-electron chi connectivity index (χ4n) is 1.70. The van der Waals surface area contributed by atoms with Gasteiger partial charge in [-0.15, -0.1) is 0 Å². The fourth-order valence-corrected chi connectivity index (χ4v) is 1.85. The third-order valence-electron chi connectivity index (χ3n) is 2.39. The van der Waals surface area contributed by atoms with E-state index >= 15 is 0 Å². The summed E-state index contributed by atoms with van der Waals surface area (Å²) in [6, 6.07) is 6.13. The van der Waals surface area contributed by atoms with Crippen molar-refractivity contribution in [2.45, 2.75) is 6.04 Å². The molecule has 1 atom stereocenters. The Labute approximate surface area is 102 Å². The number of hydrogen-bond donors (Lipinski definition) is 1. The van der Waals surface area contributed by atoms with E-state index in [9.17, 15) is 8.78 Å². The summed E-state index contributed by atoms with van der Waals surface area (Å²) >= 11 is 5.67. The number of benzene rings is 1. The molecule has 0 saturated carbocycles. The first-order chi connectivity index (χ1) is 8.10. The second kappa shape index (κ2) is 4.85. The highest BCUT2D eigenvalue weighted by Crippen LogP contribution is 2.26. The van der Waals surface area contributed by atoms with Crippen LogP contribution in [0.5, 0.6) is 0 Å². The summed E-state index contributed by atoms with van der Waals surface area (Å²) in [5.41, 5.74) is 0.441. The molecule has 0 aliphatic heterocycles. The van der Waals surface area contributed by atoms with Crippen LogP contribution in [0.15, 0.2) is 34.7 Å². The summed E-state index contributed by atoms with van der Waals surface area (Å²) in [5.74, 6) is -0.752. The Kier molecular flexibility index (Phi) is 3.45. The van der Waals surface area contributed by atoms with Crippen molar-refractivity contribution in [2.75, 3.05) is 7.05 Å². The topological polar surface area (TPSA) is 25.2 Å². The Balaban J connectivity index is 2.41. The lowest BCUT2D eigenvalue weighted by Crippen LogP contribution is -2.17. The van der Waals surface area contributed by atoms with Gasteiger partial charge in [-0.2, -0.15) is 0 Å². The van der Waals surface area contributed by atoms with Crippen LogP contribution in [-0.2, 0) is 0 Å². The fraction of sp³-hybridized carbons (Fsp3) is 0.167. The van der Waals surface area contributed by atoms with Crippen LogP contribution in [-0.4, -0.2) is 7.05 Å². The first-order valence-electron chi connectivity index (χ1n) is 4.98. The number of halogens is 3. The molecule has 17 heavy (non-hydrogen) atoms. The average molecular weight is 258 g/mol. The number of furan rings is 1. The van der Waals surface area contributed by atoms with E-state index in [1.165, 1.54) is 12.1 Å². The van der Waals surface area contributed by atoms with E-state index in [2.05, 4.69) is 5.32 Å². The van der Waals surface area contributed by atoms with Gasteiger partial charge in [0.05, 0.1) is 6.04 Å². The third kappa shape index (κ3) is 2.65. The van der Waals surface area contributed by atoms with Gasteiger partial charge in [-0.3, -0.25) is 0 Å². The molecule has 1 aromatic carbocycles.